The maximum Gasteiger partial charge on any atom is 0.335 e. The highest BCUT2D eigenvalue weighted by atomic mass is 32.2. The van der Waals surface area contributed by atoms with Crippen LogP contribution >= 0.6 is 11.8 Å². The Balaban J connectivity index is 2.39. The van der Waals surface area contributed by atoms with Crippen molar-refractivity contribution in [2.24, 2.45) is 0 Å². The van der Waals surface area contributed by atoms with E-state index in [4.69, 9.17) is 14.6 Å². The van der Waals surface area contributed by atoms with Crippen LogP contribution in [0.5, 0.6) is 0 Å². The molecule has 0 fully saturated rings. The number of carboxylic acids is 1. The quantitative estimate of drug-likeness (QED) is 0.610. The van der Waals surface area contributed by atoms with Crippen LogP contribution in [0.1, 0.15) is 17.3 Å². The standard InChI is InChI=1S/C13H16O5S/c1-9(7-17-2)18-12(14)8-19-11-5-3-10(4-6-11)13(15)16/h3-6,9H,7-8H2,1-2H3,(H,15,16). The SMILES string of the molecule is COCC(C)OC(=O)CSc1ccc(C(=O)O)cc1. The highest BCUT2D eigenvalue weighted by Crippen LogP contribution is 2.18. The number of ether oxygens (including phenoxy) is 2. The average molecular weight is 284 g/mol. The molecule has 1 aromatic rings. The topological polar surface area (TPSA) is 72.8 Å². The van der Waals surface area contributed by atoms with Gasteiger partial charge in [-0.15, -0.1) is 11.8 Å². The average Bonchev–Trinajstić information content (AvgIpc) is 2.37. The van der Waals surface area contributed by atoms with Gasteiger partial charge in [0.15, 0.2) is 0 Å². The van der Waals surface area contributed by atoms with Gasteiger partial charge >= 0.3 is 11.9 Å². The second kappa shape index (κ2) is 7.81. The molecular weight excluding hydrogens is 268 g/mol. The van der Waals surface area contributed by atoms with Crippen molar-refractivity contribution < 1.29 is 24.2 Å². The molecule has 0 saturated heterocycles. The highest BCUT2D eigenvalue weighted by Gasteiger charge is 2.10. The van der Waals surface area contributed by atoms with Gasteiger partial charge in [0.1, 0.15) is 6.10 Å². The molecule has 104 valence electrons. The Bertz CT molecular complexity index is 429. The number of thioether (sulfide) groups is 1. The van der Waals surface area contributed by atoms with Gasteiger partial charge < -0.3 is 14.6 Å². The number of carbonyl (C=O) groups excluding carboxylic acids is 1. The van der Waals surface area contributed by atoms with Crippen LogP contribution in [0.3, 0.4) is 0 Å². The molecule has 1 unspecified atom stereocenters. The molecule has 19 heavy (non-hydrogen) atoms. The summed E-state index contributed by atoms with van der Waals surface area (Å²) in [5.74, 6) is -1.11. The van der Waals surface area contributed by atoms with E-state index in [1.807, 2.05) is 0 Å². The van der Waals surface area contributed by atoms with Crippen molar-refractivity contribution in [3.05, 3.63) is 29.8 Å². The van der Waals surface area contributed by atoms with Crippen molar-refractivity contribution in [1.29, 1.82) is 0 Å². The van der Waals surface area contributed by atoms with Crippen LogP contribution in [-0.2, 0) is 14.3 Å². The fourth-order valence-corrected chi connectivity index (χ4v) is 2.04. The molecule has 0 aliphatic carbocycles. The second-order valence-corrected chi connectivity index (χ2v) is 4.92. The molecule has 1 rings (SSSR count). The maximum atomic E-state index is 11.5. The van der Waals surface area contributed by atoms with E-state index < -0.39 is 5.97 Å². The molecule has 0 amide bonds. The lowest BCUT2D eigenvalue weighted by atomic mass is 10.2. The first-order valence-corrected chi connectivity index (χ1v) is 6.66. The molecule has 5 nitrogen and oxygen atoms in total. The van der Waals surface area contributed by atoms with E-state index in [0.717, 1.165) is 4.90 Å². The Morgan fingerprint density at radius 1 is 1.32 bits per heavy atom. The third-order valence-corrected chi connectivity index (χ3v) is 3.18. The van der Waals surface area contributed by atoms with E-state index in [1.54, 1.807) is 26.2 Å². The number of methoxy groups -OCH3 is 1. The van der Waals surface area contributed by atoms with Gasteiger partial charge in [0.25, 0.3) is 0 Å². The predicted molar refractivity (Wildman–Crippen MR) is 71.6 cm³/mol. The van der Waals surface area contributed by atoms with Gasteiger partial charge in [0.2, 0.25) is 0 Å². The van der Waals surface area contributed by atoms with Gasteiger partial charge in [-0.3, -0.25) is 4.79 Å². The predicted octanol–water partition coefficient (Wildman–Crippen LogP) is 2.06. The van der Waals surface area contributed by atoms with E-state index in [-0.39, 0.29) is 23.4 Å². The number of rotatable bonds is 7. The molecule has 1 aromatic carbocycles. The van der Waals surface area contributed by atoms with Gasteiger partial charge in [-0.25, -0.2) is 4.79 Å². The molecule has 1 atom stereocenters. The Hall–Kier alpha value is -1.53. The zero-order valence-electron chi connectivity index (χ0n) is 10.8. The Kier molecular flexibility index (Phi) is 6.38. The van der Waals surface area contributed by atoms with Gasteiger partial charge in [-0.2, -0.15) is 0 Å². The van der Waals surface area contributed by atoms with E-state index in [2.05, 4.69) is 0 Å². The first-order valence-electron chi connectivity index (χ1n) is 5.67. The number of esters is 1. The van der Waals surface area contributed by atoms with Crippen molar-refractivity contribution in [2.75, 3.05) is 19.5 Å². The number of hydrogen-bond acceptors (Lipinski definition) is 5. The van der Waals surface area contributed by atoms with Crippen LogP contribution < -0.4 is 0 Å². The number of hydrogen-bond donors (Lipinski definition) is 1. The Labute approximate surface area is 115 Å². The fourth-order valence-electron chi connectivity index (χ4n) is 1.36. The number of aromatic carboxylic acids is 1. The third kappa shape index (κ3) is 5.76. The number of benzene rings is 1. The third-order valence-electron chi connectivity index (χ3n) is 2.19. The van der Waals surface area contributed by atoms with Crippen molar-refractivity contribution in [1.82, 2.24) is 0 Å². The summed E-state index contributed by atoms with van der Waals surface area (Å²) in [5, 5.41) is 8.75. The molecule has 0 heterocycles. The monoisotopic (exact) mass is 284 g/mol. The van der Waals surface area contributed by atoms with Gasteiger partial charge in [-0.05, 0) is 31.2 Å². The van der Waals surface area contributed by atoms with Crippen molar-refractivity contribution in [3.8, 4) is 0 Å². The summed E-state index contributed by atoms with van der Waals surface area (Å²) < 4.78 is 9.96. The molecular formula is C13H16O5S. The van der Waals surface area contributed by atoms with Crippen LogP contribution in [0, 0.1) is 0 Å². The number of carboxylic acid groups (broad SMARTS) is 1. The van der Waals surface area contributed by atoms with Crippen LogP contribution in [-0.4, -0.2) is 42.6 Å². The summed E-state index contributed by atoms with van der Waals surface area (Å²) in [6.07, 6.45) is -0.271. The van der Waals surface area contributed by atoms with Gasteiger partial charge in [-0.1, -0.05) is 0 Å². The summed E-state index contributed by atoms with van der Waals surface area (Å²) in [4.78, 5) is 23.0. The molecule has 1 N–H and O–H groups in total. The minimum Gasteiger partial charge on any atom is -0.478 e. The maximum absolute atomic E-state index is 11.5. The van der Waals surface area contributed by atoms with Crippen LogP contribution in [0.4, 0.5) is 0 Å². The van der Waals surface area contributed by atoms with Crippen molar-refractivity contribution in [3.63, 3.8) is 0 Å². The zero-order valence-corrected chi connectivity index (χ0v) is 11.6. The fraction of sp³-hybridized carbons (Fsp3) is 0.385. The van der Waals surface area contributed by atoms with Crippen LogP contribution in [0.15, 0.2) is 29.2 Å². The smallest absolute Gasteiger partial charge is 0.335 e. The van der Waals surface area contributed by atoms with E-state index >= 15 is 0 Å². The van der Waals surface area contributed by atoms with Crippen molar-refractivity contribution in [2.45, 2.75) is 17.9 Å². The zero-order chi connectivity index (χ0) is 14.3. The molecule has 0 bridgehead atoms. The molecule has 6 heteroatoms. The minimum absolute atomic E-state index is 0.181. The van der Waals surface area contributed by atoms with Gasteiger partial charge in [0, 0.05) is 12.0 Å². The first-order chi connectivity index (χ1) is 9.02. The normalized spacial score (nSPS) is 11.9. The van der Waals surface area contributed by atoms with E-state index in [9.17, 15) is 9.59 Å². The lowest BCUT2D eigenvalue weighted by molar-refractivity contribution is -0.147. The largest absolute Gasteiger partial charge is 0.478 e. The molecule has 0 saturated carbocycles. The summed E-state index contributed by atoms with van der Waals surface area (Å²) in [6, 6.07) is 6.34. The van der Waals surface area contributed by atoms with Crippen LogP contribution in [0.2, 0.25) is 0 Å². The van der Waals surface area contributed by atoms with E-state index in [0.29, 0.717) is 6.61 Å². The summed E-state index contributed by atoms with van der Waals surface area (Å²) in [7, 11) is 1.54. The van der Waals surface area contributed by atoms with E-state index in [1.165, 1.54) is 23.9 Å². The minimum atomic E-state index is -0.968. The molecule has 0 radical (unpaired) electrons. The number of carbonyl (C=O) groups is 2. The second-order valence-electron chi connectivity index (χ2n) is 3.87. The Morgan fingerprint density at radius 2 is 1.95 bits per heavy atom. The molecule has 0 aliphatic rings. The summed E-state index contributed by atoms with van der Waals surface area (Å²) in [6.45, 7) is 2.12. The summed E-state index contributed by atoms with van der Waals surface area (Å²) >= 11 is 1.30. The Morgan fingerprint density at radius 3 is 2.47 bits per heavy atom. The molecule has 0 aromatic heterocycles. The van der Waals surface area contributed by atoms with Gasteiger partial charge in [0.05, 0.1) is 17.9 Å². The molecule has 0 aliphatic heterocycles. The summed E-state index contributed by atoms with van der Waals surface area (Å²) in [5.41, 5.74) is 0.223. The lowest BCUT2D eigenvalue weighted by Gasteiger charge is -2.11. The van der Waals surface area contributed by atoms with Crippen LogP contribution in [0.25, 0.3) is 0 Å². The molecule has 0 spiro atoms. The van der Waals surface area contributed by atoms with Crippen molar-refractivity contribution >= 4 is 23.7 Å². The first kappa shape index (κ1) is 15.5. The lowest BCUT2D eigenvalue weighted by Crippen LogP contribution is -2.20. The highest BCUT2D eigenvalue weighted by molar-refractivity contribution is 8.00.